The van der Waals surface area contributed by atoms with E-state index in [2.05, 4.69) is 0 Å². The standard InChI is InChI=1S/C21H44O4S.K/c1-21(26(23,24)25)19-17-15-13-11-9-7-5-3-2-4-6-8-10-12-14-16-18-20-22;/h21-22H,2-20H2,1H3,(H,23,24,25);/q;+1/p-1. The van der Waals surface area contributed by atoms with E-state index in [0.717, 1.165) is 25.7 Å². The summed E-state index contributed by atoms with van der Waals surface area (Å²) in [6.07, 6.45) is 21.7. The summed E-state index contributed by atoms with van der Waals surface area (Å²) in [5, 5.41) is 7.98. The fourth-order valence-electron chi connectivity index (χ4n) is 3.34. The zero-order valence-corrected chi connectivity index (χ0v) is 22.0. The third-order valence-electron chi connectivity index (χ3n) is 5.26. The van der Waals surface area contributed by atoms with Gasteiger partial charge in [0.15, 0.2) is 0 Å². The van der Waals surface area contributed by atoms with Crippen LogP contribution < -0.4 is 51.4 Å². The van der Waals surface area contributed by atoms with Crippen molar-refractivity contribution >= 4 is 10.1 Å². The molecular weight excluding hydrogens is 387 g/mol. The van der Waals surface area contributed by atoms with Gasteiger partial charge in [-0.2, -0.15) is 0 Å². The molecule has 0 rings (SSSR count). The summed E-state index contributed by atoms with van der Waals surface area (Å²) in [6.45, 7) is 1.86. The summed E-state index contributed by atoms with van der Waals surface area (Å²) in [7, 11) is -4.08. The minimum atomic E-state index is -4.08. The maximum atomic E-state index is 10.8. The Kier molecular flexibility index (Phi) is 25.2. The molecule has 0 aromatic rings. The minimum absolute atomic E-state index is 0. The monoisotopic (exact) mass is 430 g/mol. The molecule has 1 unspecified atom stereocenters. The summed E-state index contributed by atoms with van der Waals surface area (Å²) in [5.41, 5.74) is 0. The van der Waals surface area contributed by atoms with Crippen LogP contribution in [-0.4, -0.2) is 29.9 Å². The maximum Gasteiger partial charge on any atom is 1.00 e. The van der Waals surface area contributed by atoms with Crippen LogP contribution in [0.4, 0.5) is 0 Å². The predicted octanol–water partition coefficient (Wildman–Crippen LogP) is 2.94. The molecule has 0 amide bonds. The van der Waals surface area contributed by atoms with Gasteiger partial charge in [0.2, 0.25) is 0 Å². The average molecular weight is 431 g/mol. The summed E-state index contributed by atoms with van der Waals surface area (Å²) in [5.74, 6) is 0. The molecule has 0 aliphatic heterocycles. The van der Waals surface area contributed by atoms with E-state index in [1.54, 1.807) is 0 Å². The van der Waals surface area contributed by atoms with Gasteiger partial charge in [-0.15, -0.1) is 0 Å². The Morgan fingerprint density at radius 1 is 0.630 bits per heavy atom. The van der Waals surface area contributed by atoms with Crippen LogP contribution in [0.15, 0.2) is 0 Å². The molecule has 0 aliphatic rings. The first kappa shape index (κ1) is 30.7. The second kappa shape index (κ2) is 22.2. The molecule has 158 valence electrons. The van der Waals surface area contributed by atoms with Crippen molar-refractivity contribution in [1.82, 2.24) is 0 Å². The van der Waals surface area contributed by atoms with Gasteiger partial charge in [-0.3, -0.25) is 0 Å². The zero-order chi connectivity index (χ0) is 19.5. The number of aliphatic hydroxyl groups excluding tert-OH is 1. The number of aliphatic hydroxyl groups is 1. The molecule has 0 fully saturated rings. The van der Waals surface area contributed by atoms with Crippen molar-refractivity contribution in [3.63, 3.8) is 0 Å². The van der Waals surface area contributed by atoms with Gasteiger partial charge in [-0.05, 0) is 19.8 Å². The molecule has 6 heteroatoms. The molecule has 0 aromatic carbocycles. The van der Waals surface area contributed by atoms with Crippen LogP contribution in [-0.2, 0) is 10.1 Å². The summed E-state index contributed by atoms with van der Waals surface area (Å²) >= 11 is 0. The van der Waals surface area contributed by atoms with Crippen molar-refractivity contribution < 1.29 is 69.5 Å². The molecule has 0 heterocycles. The van der Waals surface area contributed by atoms with Crippen molar-refractivity contribution in [2.45, 2.75) is 128 Å². The van der Waals surface area contributed by atoms with Gasteiger partial charge in [0.25, 0.3) is 0 Å². The Morgan fingerprint density at radius 2 is 0.889 bits per heavy atom. The number of hydrogen-bond donors (Lipinski definition) is 1. The van der Waals surface area contributed by atoms with Crippen LogP contribution in [0.2, 0.25) is 0 Å². The first-order valence-electron chi connectivity index (χ1n) is 11.0. The van der Waals surface area contributed by atoms with E-state index in [1.165, 1.54) is 90.4 Å². The summed E-state index contributed by atoms with van der Waals surface area (Å²) < 4.78 is 32.3. The molecule has 0 bridgehead atoms. The average Bonchev–Trinajstić information content (AvgIpc) is 2.59. The predicted molar refractivity (Wildman–Crippen MR) is 109 cm³/mol. The van der Waals surface area contributed by atoms with E-state index in [4.69, 9.17) is 5.11 Å². The van der Waals surface area contributed by atoms with Crippen LogP contribution in [0.25, 0.3) is 0 Å². The van der Waals surface area contributed by atoms with Crippen molar-refractivity contribution in [3.05, 3.63) is 0 Å². The SMILES string of the molecule is CC(CCCCCCCCCCCCCCCCCCCO)S(=O)(=O)[O-].[K+]. The Morgan fingerprint density at radius 3 is 1.15 bits per heavy atom. The molecule has 0 aromatic heterocycles. The van der Waals surface area contributed by atoms with E-state index in [1.807, 2.05) is 0 Å². The largest absolute Gasteiger partial charge is 1.00 e. The Labute approximate surface area is 211 Å². The summed E-state index contributed by atoms with van der Waals surface area (Å²) in [4.78, 5) is 0. The van der Waals surface area contributed by atoms with Crippen LogP contribution >= 0.6 is 0 Å². The van der Waals surface area contributed by atoms with Gasteiger partial charge in [0, 0.05) is 11.9 Å². The van der Waals surface area contributed by atoms with E-state index in [-0.39, 0.29) is 51.4 Å². The quantitative estimate of drug-likeness (QED) is 0.183. The summed E-state index contributed by atoms with van der Waals surface area (Å²) in [6, 6.07) is 0. The van der Waals surface area contributed by atoms with Crippen LogP contribution in [0, 0.1) is 0 Å². The van der Waals surface area contributed by atoms with Crippen molar-refractivity contribution in [2.24, 2.45) is 0 Å². The second-order valence-corrected chi connectivity index (χ2v) is 9.62. The molecule has 1 atom stereocenters. The molecule has 0 saturated heterocycles. The molecular formula is C21H43KO4S. The normalized spacial score (nSPS) is 12.7. The second-order valence-electron chi connectivity index (χ2n) is 7.83. The van der Waals surface area contributed by atoms with Crippen LogP contribution in [0.1, 0.15) is 122 Å². The van der Waals surface area contributed by atoms with E-state index in [9.17, 15) is 13.0 Å². The first-order valence-corrected chi connectivity index (χ1v) is 12.5. The first-order chi connectivity index (χ1) is 12.5. The molecule has 0 spiro atoms. The van der Waals surface area contributed by atoms with Crippen molar-refractivity contribution in [2.75, 3.05) is 6.61 Å². The van der Waals surface area contributed by atoms with E-state index in [0.29, 0.717) is 13.0 Å². The topological polar surface area (TPSA) is 77.4 Å². The third-order valence-corrected chi connectivity index (χ3v) is 6.48. The Hall–Kier alpha value is 1.51. The van der Waals surface area contributed by atoms with Gasteiger partial charge in [-0.1, -0.05) is 103 Å². The van der Waals surface area contributed by atoms with E-state index >= 15 is 0 Å². The van der Waals surface area contributed by atoms with Crippen LogP contribution in [0.3, 0.4) is 0 Å². The van der Waals surface area contributed by atoms with E-state index < -0.39 is 15.4 Å². The Bertz CT molecular complexity index is 388. The third kappa shape index (κ3) is 23.7. The van der Waals surface area contributed by atoms with Gasteiger partial charge >= 0.3 is 51.4 Å². The molecule has 1 N–H and O–H groups in total. The maximum absolute atomic E-state index is 10.8. The van der Waals surface area contributed by atoms with Gasteiger partial charge in [0.05, 0.1) is 10.1 Å². The van der Waals surface area contributed by atoms with Gasteiger partial charge in [0.1, 0.15) is 0 Å². The molecule has 0 saturated carbocycles. The minimum Gasteiger partial charge on any atom is -0.748 e. The van der Waals surface area contributed by atoms with Crippen LogP contribution in [0.5, 0.6) is 0 Å². The van der Waals surface area contributed by atoms with Crippen molar-refractivity contribution in [3.8, 4) is 0 Å². The zero-order valence-electron chi connectivity index (χ0n) is 18.1. The number of rotatable bonds is 20. The molecule has 27 heavy (non-hydrogen) atoms. The molecule has 0 radical (unpaired) electrons. The van der Waals surface area contributed by atoms with Crippen molar-refractivity contribution in [1.29, 1.82) is 0 Å². The fraction of sp³-hybridized carbons (Fsp3) is 1.00. The fourth-order valence-corrected chi connectivity index (χ4v) is 3.79. The Balaban J connectivity index is 0. The van der Waals surface area contributed by atoms with Gasteiger partial charge in [-0.25, -0.2) is 8.42 Å². The van der Waals surface area contributed by atoms with Gasteiger partial charge < -0.3 is 9.66 Å². The number of unbranched alkanes of at least 4 members (excludes halogenated alkanes) is 16. The number of hydrogen-bond acceptors (Lipinski definition) is 4. The smallest absolute Gasteiger partial charge is 0.748 e. The molecule has 4 nitrogen and oxygen atoms in total. The molecule has 0 aliphatic carbocycles.